The molecular formula is C6H12AlNO. The van der Waals surface area contributed by atoms with Gasteiger partial charge in [0.05, 0.1) is 0 Å². The van der Waals surface area contributed by atoms with Crippen LogP contribution >= 0.6 is 0 Å². The van der Waals surface area contributed by atoms with Crippen LogP contribution in [0.25, 0.3) is 0 Å². The summed E-state index contributed by atoms with van der Waals surface area (Å²) in [5, 5.41) is 0. The van der Waals surface area contributed by atoms with E-state index in [1.807, 2.05) is 0 Å². The zero-order valence-electron chi connectivity index (χ0n) is 5.89. The van der Waals surface area contributed by atoms with Crippen LogP contribution in [0.2, 0.25) is 5.79 Å². The summed E-state index contributed by atoms with van der Waals surface area (Å²) in [6.45, 7) is 2.09. The lowest BCUT2D eigenvalue weighted by molar-refractivity contribution is -0.120. The number of rotatable bonds is 1. The highest BCUT2D eigenvalue weighted by molar-refractivity contribution is 6.30. The molecule has 1 saturated heterocycles. The van der Waals surface area contributed by atoms with E-state index in [1.54, 1.807) is 0 Å². The second-order valence-electron chi connectivity index (χ2n) is 2.47. The predicted molar refractivity (Wildman–Crippen MR) is 38.8 cm³/mol. The Morgan fingerprint density at radius 2 is 2.00 bits per heavy atom. The van der Waals surface area contributed by atoms with E-state index in [0.29, 0.717) is 5.78 Å². The summed E-state index contributed by atoms with van der Waals surface area (Å²) >= 11 is 0.0267. The molecule has 0 saturated carbocycles. The van der Waals surface area contributed by atoms with Gasteiger partial charge in [-0.25, -0.2) is 0 Å². The Kier molecular flexibility index (Phi) is 2.72. The quantitative estimate of drug-likeness (QED) is 0.481. The smallest absolute Gasteiger partial charge is 0.344 e. The fourth-order valence-corrected chi connectivity index (χ4v) is 2.07. The SMILES string of the molecule is [CH3][AlH][N]1CCC(=O)CC1. The number of carbonyl (C=O) groups is 1. The first-order chi connectivity index (χ1) is 4.33. The van der Waals surface area contributed by atoms with Gasteiger partial charge in [0, 0.05) is 12.8 Å². The maximum absolute atomic E-state index is 10.7. The van der Waals surface area contributed by atoms with Gasteiger partial charge in [-0.05, 0) is 13.1 Å². The molecule has 1 rings (SSSR count). The van der Waals surface area contributed by atoms with Crippen molar-refractivity contribution in [2.75, 3.05) is 13.1 Å². The third-order valence-corrected chi connectivity index (χ3v) is 3.39. The highest BCUT2D eigenvalue weighted by atomic mass is 27.1. The molecule has 9 heavy (non-hydrogen) atoms. The summed E-state index contributed by atoms with van der Waals surface area (Å²) in [5.41, 5.74) is 0. The lowest BCUT2D eigenvalue weighted by Gasteiger charge is -2.23. The van der Waals surface area contributed by atoms with Crippen molar-refractivity contribution in [1.29, 1.82) is 0 Å². The highest BCUT2D eigenvalue weighted by Crippen LogP contribution is 2.02. The van der Waals surface area contributed by atoms with Crippen LogP contribution in [0.1, 0.15) is 12.8 Å². The number of Topliss-reactive ketones (excluding diaryl/α,β-unsaturated/α-hetero) is 1. The molecule has 1 heterocycles. The van der Waals surface area contributed by atoms with Crippen molar-refractivity contribution in [2.45, 2.75) is 18.6 Å². The molecule has 1 aliphatic heterocycles. The number of piperidine rings is 1. The predicted octanol–water partition coefficient (Wildman–Crippen LogP) is 0.0509. The molecule has 0 N–H and O–H groups in total. The van der Waals surface area contributed by atoms with E-state index in [2.05, 4.69) is 9.67 Å². The van der Waals surface area contributed by atoms with Crippen LogP contribution in [0.5, 0.6) is 0 Å². The van der Waals surface area contributed by atoms with Crippen molar-refractivity contribution in [3.8, 4) is 0 Å². The van der Waals surface area contributed by atoms with Crippen LogP contribution in [0.4, 0.5) is 0 Å². The van der Waals surface area contributed by atoms with Gasteiger partial charge in [-0.1, -0.05) is 5.79 Å². The van der Waals surface area contributed by atoms with Gasteiger partial charge in [-0.2, -0.15) is 0 Å². The van der Waals surface area contributed by atoms with Crippen LogP contribution in [-0.4, -0.2) is 38.2 Å². The molecular weight excluding hydrogens is 129 g/mol. The molecule has 3 heteroatoms. The monoisotopic (exact) mass is 141 g/mol. The third-order valence-electron chi connectivity index (χ3n) is 1.86. The average molecular weight is 141 g/mol. The topological polar surface area (TPSA) is 20.3 Å². The van der Waals surface area contributed by atoms with E-state index < -0.39 is 0 Å². The first kappa shape index (κ1) is 7.27. The standard InChI is InChI=1S/C5H8NO.CH3.Al.H/c7-5-1-3-6-4-2-5;;;/h1-4H2;1H3;;/q-1;;+1;. The Labute approximate surface area is 62.2 Å². The molecule has 0 aromatic heterocycles. The van der Waals surface area contributed by atoms with Crippen LogP contribution < -0.4 is 0 Å². The van der Waals surface area contributed by atoms with Gasteiger partial charge in [0.2, 0.25) is 0 Å². The maximum Gasteiger partial charge on any atom is 0.344 e. The number of carbonyl (C=O) groups excluding carboxylic acids is 1. The van der Waals surface area contributed by atoms with Gasteiger partial charge in [-0.15, -0.1) is 0 Å². The molecule has 0 unspecified atom stereocenters. The van der Waals surface area contributed by atoms with Crippen LogP contribution in [0.3, 0.4) is 0 Å². The molecule has 2 nitrogen and oxygen atoms in total. The van der Waals surface area contributed by atoms with E-state index in [9.17, 15) is 4.79 Å². The minimum Gasteiger partial charge on any atom is -0.387 e. The van der Waals surface area contributed by atoms with Crippen LogP contribution in [0, 0.1) is 0 Å². The van der Waals surface area contributed by atoms with E-state index >= 15 is 0 Å². The number of nitrogens with zero attached hydrogens (tertiary/aromatic N) is 1. The van der Waals surface area contributed by atoms with Crippen LogP contribution in [0.15, 0.2) is 0 Å². The minimum atomic E-state index is 0.0267. The van der Waals surface area contributed by atoms with Gasteiger partial charge in [0.15, 0.2) is 0 Å². The molecule has 0 bridgehead atoms. The summed E-state index contributed by atoms with van der Waals surface area (Å²) in [7, 11) is 0. The molecule has 1 fully saturated rings. The summed E-state index contributed by atoms with van der Waals surface area (Å²) in [6, 6.07) is 0. The fourth-order valence-electron chi connectivity index (χ4n) is 1.12. The molecule has 0 aromatic carbocycles. The minimum absolute atomic E-state index is 0.0267. The van der Waals surface area contributed by atoms with E-state index in [-0.39, 0.29) is 15.4 Å². The van der Waals surface area contributed by atoms with Gasteiger partial charge in [-0.3, -0.25) is 4.79 Å². The molecule has 1 aliphatic rings. The Morgan fingerprint density at radius 1 is 1.44 bits per heavy atom. The van der Waals surface area contributed by atoms with Gasteiger partial charge >= 0.3 is 15.4 Å². The van der Waals surface area contributed by atoms with E-state index in [0.717, 1.165) is 25.9 Å². The summed E-state index contributed by atoms with van der Waals surface area (Å²) < 4.78 is 2.45. The number of hydrogen-bond acceptors (Lipinski definition) is 2. The second kappa shape index (κ2) is 3.36. The number of ketones is 1. The molecule has 0 aromatic rings. The Bertz CT molecular complexity index is 106. The summed E-state index contributed by atoms with van der Waals surface area (Å²) in [5.74, 6) is 2.73. The van der Waals surface area contributed by atoms with Crippen molar-refractivity contribution in [2.24, 2.45) is 0 Å². The molecule has 0 amide bonds. The zero-order chi connectivity index (χ0) is 6.69. The zero-order valence-corrected chi connectivity index (χ0v) is 7.31. The first-order valence-corrected chi connectivity index (χ1v) is 5.61. The van der Waals surface area contributed by atoms with Crippen LogP contribution in [-0.2, 0) is 4.79 Å². The van der Waals surface area contributed by atoms with Gasteiger partial charge in [0.25, 0.3) is 0 Å². The second-order valence-corrected chi connectivity index (χ2v) is 4.00. The Balaban J connectivity index is 2.26. The van der Waals surface area contributed by atoms with E-state index in [4.69, 9.17) is 0 Å². The lowest BCUT2D eigenvalue weighted by Crippen LogP contribution is -2.35. The number of hydrogen-bond donors (Lipinski definition) is 0. The lowest BCUT2D eigenvalue weighted by atomic mass is 10.1. The summed E-state index contributed by atoms with van der Waals surface area (Å²) in [4.78, 5) is 10.7. The molecule has 0 radical (unpaired) electrons. The van der Waals surface area contributed by atoms with Crippen molar-refractivity contribution < 1.29 is 4.79 Å². The van der Waals surface area contributed by atoms with Crippen molar-refractivity contribution >= 4 is 21.2 Å². The Morgan fingerprint density at radius 3 is 2.44 bits per heavy atom. The first-order valence-electron chi connectivity index (χ1n) is 3.57. The summed E-state index contributed by atoms with van der Waals surface area (Å²) in [6.07, 6.45) is 1.61. The molecule has 0 spiro atoms. The molecule has 50 valence electrons. The van der Waals surface area contributed by atoms with Crippen molar-refractivity contribution in [1.82, 2.24) is 3.88 Å². The van der Waals surface area contributed by atoms with E-state index in [1.165, 1.54) is 0 Å². The Hall–Kier alpha value is 0.162. The van der Waals surface area contributed by atoms with Crippen molar-refractivity contribution in [3.63, 3.8) is 0 Å². The average Bonchev–Trinajstić information content (AvgIpc) is 1.90. The third kappa shape index (κ3) is 2.10. The fraction of sp³-hybridized carbons (Fsp3) is 0.833. The normalized spacial score (nSPS) is 22.1. The molecule has 0 aliphatic carbocycles. The maximum atomic E-state index is 10.7. The molecule has 0 atom stereocenters. The largest absolute Gasteiger partial charge is 0.387 e. The van der Waals surface area contributed by atoms with Crippen molar-refractivity contribution in [3.05, 3.63) is 0 Å². The van der Waals surface area contributed by atoms with Gasteiger partial charge in [0.1, 0.15) is 5.78 Å². The van der Waals surface area contributed by atoms with Gasteiger partial charge < -0.3 is 3.88 Å². The highest BCUT2D eigenvalue weighted by Gasteiger charge is 2.13.